The van der Waals surface area contributed by atoms with E-state index in [9.17, 15) is 13.2 Å². The second kappa shape index (κ2) is 7.56. The van der Waals surface area contributed by atoms with Gasteiger partial charge in [-0.05, 0) is 70.7 Å². The first-order chi connectivity index (χ1) is 12.7. The topological polar surface area (TPSA) is 88.2 Å². The molecule has 1 aromatic heterocycles. The summed E-state index contributed by atoms with van der Waals surface area (Å²) in [4.78, 5) is 16.9. The molecule has 146 valence electrons. The minimum atomic E-state index is -3.36. The molecular weight excluding hydrogens is 362 g/mol. The number of aromatic nitrogens is 1. The summed E-state index contributed by atoms with van der Waals surface area (Å²) in [7, 11) is -3.36. The number of pyridine rings is 1. The second-order valence-electron chi connectivity index (χ2n) is 8.18. The first-order valence-corrected chi connectivity index (χ1v) is 10.8. The Morgan fingerprint density at radius 1 is 1.11 bits per heavy atom. The van der Waals surface area contributed by atoms with Crippen LogP contribution < -0.4 is 10.0 Å². The van der Waals surface area contributed by atoms with E-state index in [0.717, 1.165) is 16.6 Å². The number of carbonyl (C=O) groups is 1. The van der Waals surface area contributed by atoms with E-state index >= 15 is 0 Å². The highest BCUT2D eigenvalue weighted by Crippen LogP contribution is 2.28. The van der Waals surface area contributed by atoms with Crippen LogP contribution in [0, 0.1) is 5.92 Å². The Bertz CT molecular complexity index is 927. The summed E-state index contributed by atoms with van der Waals surface area (Å²) < 4.78 is 26.5. The fourth-order valence-corrected chi connectivity index (χ4v) is 4.30. The Morgan fingerprint density at radius 3 is 2.48 bits per heavy atom. The lowest BCUT2D eigenvalue weighted by molar-refractivity contribution is -0.120. The van der Waals surface area contributed by atoms with Gasteiger partial charge in [-0.15, -0.1) is 0 Å². The number of nitrogens with one attached hydrogen (secondary N) is 2. The lowest BCUT2D eigenvalue weighted by Crippen LogP contribution is -2.46. The van der Waals surface area contributed by atoms with E-state index in [2.05, 4.69) is 15.0 Å². The van der Waals surface area contributed by atoms with Crippen LogP contribution in [0.2, 0.25) is 0 Å². The predicted molar refractivity (Wildman–Crippen MR) is 108 cm³/mol. The maximum Gasteiger partial charge on any atom is 0.227 e. The fourth-order valence-electron chi connectivity index (χ4n) is 3.27. The van der Waals surface area contributed by atoms with Gasteiger partial charge in [0.05, 0.1) is 10.3 Å². The van der Waals surface area contributed by atoms with Crippen molar-refractivity contribution in [2.45, 2.75) is 57.2 Å². The van der Waals surface area contributed by atoms with Crippen molar-refractivity contribution in [2.75, 3.05) is 5.32 Å². The van der Waals surface area contributed by atoms with Gasteiger partial charge in [0.15, 0.2) is 0 Å². The molecule has 2 N–H and O–H groups in total. The average molecular weight is 390 g/mol. The molecule has 27 heavy (non-hydrogen) atoms. The summed E-state index contributed by atoms with van der Waals surface area (Å²) in [5.74, 6) is -0.0969. The Balaban J connectivity index is 1.56. The molecule has 0 unspecified atom stereocenters. The molecule has 6 nitrogen and oxygen atoms in total. The number of fused-ring (bicyclic) bond motifs is 1. The highest BCUT2D eigenvalue weighted by atomic mass is 32.2. The van der Waals surface area contributed by atoms with Crippen LogP contribution in [0.3, 0.4) is 0 Å². The summed E-state index contributed by atoms with van der Waals surface area (Å²) >= 11 is 0. The standard InChI is InChI=1S/C20H27N3O3S/c1-20(2,3)27(25,26)23-16-8-6-14(7-9-16)19(24)22-17-10-11-18-15(13-17)5-4-12-21-18/h4-5,10-14,16,23H,6-9H2,1-3H3,(H,22,24)/t14-,16-. The molecule has 0 bridgehead atoms. The van der Waals surface area contributed by atoms with E-state index in [-0.39, 0.29) is 17.9 Å². The van der Waals surface area contributed by atoms with Gasteiger partial charge in [0.2, 0.25) is 15.9 Å². The molecule has 1 amide bonds. The molecule has 3 rings (SSSR count). The molecule has 1 saturated carbocycles. The number of hydrogen-bond donors (Lipinski definition) is 2. The number of rotatable bonds is 4. The maximum atomic E-state index is 12.6. The fraction of sp³-hybridized carbons (Fsp3) is 0.500. The van der Waals surface area contributed by atoms with Crippen LogP contribution in [0.25, 0.3) is 10.9 Å². The number of anilines is 1. The molecule has 1 aliphatic rings. The molecule has 1 aromatic carbocycles. The molecule has 7 heteroatoms. The molecule has 1 aliphatic carbocycles. The van der Waals surface area contributed by atoms with Gasteiger partial charge in [-0.1, -0.05) is 6.07 Å². The third kappa shape index (κ3) is 4.65. The van der Waals surface area contributed by atoms with E-state index in [0.29, 0.717) is 25.7 Å². The van der Waals surface area contributed by atoms with E-state index in [1.54, 1.807) is 27.0 Å². The lowest BCUT2D eigenvalue weighted by Gasteiger charge is -2.30. The minimum Gasteiger partial charge on any atom is -0.326 e. The quantitative estimate of drug-likeness (QED) is 0.838. The van der Waals surface area contributed by atoms with E-state index in [1.807, 2.05) is 30.3 Å². The largest absolute Gasteiger partial charge is 0.326 e. The van der Waals surface area contributed by atoms with Gasteiger partial charge in [-0.3, -0.25) is 9.78 Å². The van der Waals surface area contributed by atoms with Crippen molar-refractivity contribution >= 4 is 32.5 Å². The first-order valence-electron chi connectivity index (χ1n) is 9.33. The Morgan fingerprint density at radius 2 is 1.81 bits per heavy atom. The summed E-state index contributed by atoms with van der Waals surface area (Å²) in [5.41, 5.74) is 1.65. The molecule has 1 fully saturated rings. The Kier molecular flexibility index (Phi) is 5.53. The molecule has 0 spiro atoms. The average Bonchev–Trinajstić information content (AvgIpc) is 2.61. The summed E-state index contributed by atoms with van der Waals surface area (Å²) in [5, 5.41) is 3.97. The van der Waals surface area contributed by atoms with Gasteiger partial charge in [0, 0.05) is 29.2 Å². The molecule has 0 aliphatic heterocycles. The van der Waals surface area contributed by atoms with E-state index in [4.69, 9.17) is 0 Å². The SMILES string of the molecule is CC(C)(C)S(=O)(=O)N[C@H]1CC[C@H](C(=O)Nc2ccc3ncccc3c2)CC1. The normalized spacial score (nSPS) is 21.1. The van der Waals surface area contributed by atoms with Crippen molar-refractivity contribution in [1.82, 2.24) is 9.71 Å². The highest BCUT2D eigenvalue weighted by Gasteiger charge is 2.34. The van der Waals surface area contributed by atoms with E-state index < -0.39 is 14.8 Å². The van der Waals surface area contributed by atoms with Crippen LogP contribution in [0.5, 0.6) is 0 Å². The summed E-state index contributed by atoms with van der Waals surface area (Å²) in [6.45, 7) is 5.06. The zero-order valence-electron chi connectivity index (χ0n) is 16.0. The van der Waals surface area contributed by atoms with Crippen LogP contribution in [0.4, 0.5) is 5.69 Å². The molecule has 2 aromatic rings. The van der Waals surface area contributed by atoms with Crippen molar-refractivity contribution in [2.24, 2.45) is 5.92 Å². The summed E-state index contributed by atoms with van der Waals surface area (Å²) in [6, 6.07) is 9.41. The highest BCUT2D eigenvalue weighted by molar-refractivity contribution is 7.90. The molecule has 1 heterocycles. The number of nitrogens with zero attached hydrogens (tertiary/aromatic N) is 1. The lowest BCUT2D eigenvalue weighted by atomic mass is 9.86. The van der Waals surface area contributed by atoms with Gasteiger partial charge in [-0.2, -0.15) is 0 Å². The second-order valence-corrected chi connectivity index (χ2v) is 10.6. The number of sulfonamides is 1. The van der Waals surface area contributed by atoms with Crippen molar-refractivity contribution in [3.63, 3.8) is 0 Å². The van der Waals surface area contributed by atoms with Crippen LogP contribution >= 0.6 is 0 Å². The van der Waals surface area contributed by atoms with Gasteiger partial charge in [-0.25, -0.2) is 13.1 Å². The number of carbonyl (C=O) groups excluding carboxylic acids is 1. The van der Waals surface area contributed by atoms with Crippen molar-refractivity contribution in [3.8, 4) is 0 Å². The van der Waals surface area contributed by atoms with Gasteiger partial charge in [0.25, 0.3) is 0 Å². The summed E-state index contributed by atoms with van der Waals surface area (Å²) in [6.07, 6.45) is 4.45. The monoisotopic (exact) mass is 389 g/mol. The molecular formula is C20H27N3O3S. The molecule has 0 radical (unpaired) electrons. The van der Waals surface area contributed by atoms with Crippen LogP contribution in [0.15, 0.2) is 36.5 Å². The van der Waals surface area contributed by atoms with Crippen molar-refractivity contribution in [1.29, 1.82) is 0 Å². The zero-order valence-corrected chi connectivity index (χ0v) is 16.8. The number of amides is 1. The van der Waals surface area contributed by atoms with Crippen molar-refractivity contribution < 1.29 is 13.2 Å². The van der Waals surface area contributed by atoms with Crippen LogP contribution in [-0.2, 0) is 14.8 Å². The van der Waals surface area contributed by atoms with Crippen LogP contribution in [0.1, 0.15) is 46.5 Å². The molecule has 0 saturated heterocycles. The smallest absolute Gasteiger partial charge is 0.227 e. The van der Waals surface area contributed by atoms with Crippen LogP contribution in [-0.4, -0.2) is 30.1 Å². The zero-order chi connectivity index (χ0) is 19.7. The van der Waals surface area contributed by atoms with Gasteiger partial charge < -0.3 is 5.32 Å². The minimum absolute atomic E-state index is 0.00429. The Labute approximate surface area is 160 Å². The van der Waals surface area contributed by atoms with Crippen molar-refractivity contribution in [3.05, 3.63) is 36.5 Å². The Hall–Kier alpha value is -1.99. The number of benzene rings is 1. The third-order valence-corrected chi connectivity index (χ3v) is 7.35. The number of hydrogen-bond acceptors (Lipinski definition) is 4. The third-order valence-electron chi connectivity index (χ3n) is 5.10. The first kappa shape index (κ1) is 19.8. The van der Waals surface area contributed by atoms with E-state index in [1.165, 1.54) is 0 Å². The van der Waals surface area contributed by atoms with Gasteiger partial charge >= 0.3 is 0 Å². The maximum absolute atomic E-state index is 12.6. The van der Waals surface area contributed by atoms with Gasteiger partial charge in [0.1, 0.15) is 0 Å². The molecule has 0 atom stereocenters. The predicted octanol–water partition coefficient (Wildman–Crippen LogP) is 3.45.